The zero-order valence-electron chi connectivity index (χ0n) is 9.63. The van der Waals surface area contributed by atoms with Crippen LogP contribution in [0.15, 0.2) is 18.2 Å². The average molecular weight is 273 g/mol. The topological polar surface area (TPSA) is 94.8 Å². The van der Waals surface area contributed by atoms with Crippen molar-refractivity contribution in [2.75, 3.05) is 0 Å². The number of Topliss-reactive ketones (excluding diaryl/α,β-unsaturated/α-hetero) is 1. The minimum absolute atomic E-state index is 0.113. The lowest BCUT2D eigenvalue weighted by Crippen LogP contribution is -2.12. The first kappa shape index (κ1) is 14.6. The molecule has 0 aliphatic heterocycles. The van der Waals surface area contributed by atoms with Crippen LogP contribution in [0.3, 0.4) is 0 Å². The highest BCUT2D eigenvalue weighted by Gasteiger charge is 2.21. The number of halogens is 1. The molecule has 2 unspecified atom stereocenters. The third-order valence-electron chi connectivity index (χ3n) is 2.52. The number of carbonyl (C=O) groups excluding carboxylic acids is 1. The van der Waals surface area contributed by atoms with E-state index in [1.165, 1.54) is 25.1 Å². The lowest BCUT2D eigenvalue weighted by atomic mass is 9.97. The van der Waals surface area contributed by atoms with Crippen molar-refractivity contribution in [2.24, 2.45) is 0 Å². The predicted octanol–water partition coefficient (Wildman–Crippen LogP) is 1.17. The molecule has 1 rings (SSSR count). The molecular formula is C12H13ClO5. The minimum Gasteiger partial charge on any atom is -0.479 e. The van der Waals surface area contributed by atoms with Crippen molar-refractivity contribution in [3.05, 3.63) is 34.9 Å². The van der Waals surface area contributed by atoms with E-state index in [0.29, 0.717) is 11.1 Å². The summed E-state index contributed by atoms with van der Waals surface area (Å²) in [6.07, 6.45) is -1.69. The van der Waals surface area contributed by atoms with Gasteiger partial charge in [0.1, 0.15) is 5.38 Å². The van der Waals surface area contributed by atoms with Gasteiger partial charge in [0.2, 0.25) is 0 Å². The number of carbonyl (C=O) groups is 2. The molecule has 18 heavy (non-hydrogen) atoms. The second-order valence-corrected chi connectivity index (χ2v) is 4.27. The second kappa shape index (κ2) is 5.95. The largest absolute Gasteiger partial charge is 0.479 e. The van der Waals surface area contributed by atoms with E-state index in [9.17, 15) is 14.7 Å². The van der Waals surface area contributed by atoms with Gasteiger partial charge in [0.15, 0.2) is 11.9 Å². The molecule has 0 fully saturated rings. The first-order valence-corrected chi connectivity index (χ1v) is 5.61. The van der Waals surface area contributed by atoms with Crippen LogP contribution in [0.2, 0.25) is 0 Å². The van der Waals surface area contributed by atoms with E-state index in [0.717, 1.165) is 0 Å². The summed E-state index contributed by atoms with van der Waals surface area (Å²) < 4.78 is 0. The van der Waals surface area contributed by atoms with Crippen LogP contribution in [0.1, 0.15) is 35.1 Å². The quantitative estimate of drug-likeness (QED) is 0.699. The maximum absolute atomic E-state index is 11.2. The van der Waals surface area contributed by atoms with Crippen molar-refractivity contribution in [3.8, 4) is 0 Å². The number of hydrogen-bond donors (Lipinski definition) is 3. The van der Waals surface area contributed by atoms with Gasteiger partial charge in [0.05, 0.1) is 6.61 Å². The summed E-state index contributed by atoms with van der Waals surface area (Å²) in [4.78, 5) is 21.9. The van der Waals surface area contributed by atoms with Gasteiger partial charge in [-0.05, 0) is 23.6 Å². The van der Waals surface area contributed by atoms with Gasteiger partial charge in [-0.3, -0.25) is 4.79 Å². The minimum atomic E-state index is -1.69. The predicted molar refractivity (Wildman–Crippen MR) is 64.2 cm³/mol. The van der Waals surface area contributed by atoms with Gasteiger partial charge in [-0.1, -0.05) is 18.2 Å². The van der Waals surface area contributed by atoms with Gasteiger partial charge < -0.3 is 15.3 Å². The molecule has 0 aromatic heterocycles. The van der Waals surface area contributed by atoms with Gasteiger partial charge in [-0.15, -0.1) is 11.6 Å². The van der Waals surface area contributed by atoms with Gasteiger partial charge in [-0.2, -0.15) is 0 Å². The van der Waals surface area contributed by atoms with Gasteiger partial charge in [0.25, 0.3) is 0 Å². The molecule has 3 N–H and O–H groups in total. The average Bonchev–Trinajstić information content (AvgIpc) is 2.35. The molecular weight excluding hydrogens is 260 g/mol. The van der Waals surface area contributed by atoms with Crippen molar-refractivity contribution in [2.45, 2.75) is 25.0 Å². The van der Waals surface area contributed by atoms with E-state index < -0.39 is 17.5 Å². The highest BCUT2D eigenvalue weighted by Crippen LogP contribution is 2.28. The summed E-state index contributed by atoms with van der Waals surface area (Å²) in [5, 5.41) is 26.3. The lowest BCUT2D eigenvalue weighted by molar-refractivity contribution is -0.146. The number of aliphatic carboxylic acids is 1. The Bertz CT molecular complexity index is 472. The number of alkyl halides is 1. The number of carboxylic acid groups (broad SMARTS) is 1. The van der Waals surface area contributed by atoms with E-state index >= 15 is 0 Å². The Morgan fingerprint density at radius 1 is 1.39 bits per heavy atom. The molecule has 0 saturated heterocycles. The summed E-state index contributed by atoms with van der Waals surface area (Å²) >= 11 is 5.89. The maximum Gasteiger partial charge on any atom is 0.337 e. The Hall–Kier alpha value is -1.43. The fourth-order valence-electron chi connectivity index (χ4n) is 1.52. The summed E-state index contributed by atoms with van der Waals surface area (Å²) in [5.41, 5.74) is 0.845. The van der Waals surface area contributed by atoms with Crippen LogP contribution in [0.5, 0.6) is 0 Å². The maximum atomic E-state index is 11.2. The Labute approximate surface area is 109 Å². The molecule has 0 aliphatic carbocycles. The Morgan fingerprint density at radius 2 is 2.00 bits per heavy atom. The normalized spacial score (nSPS) is 14.0. The van der Waals surface area contributed by atoms with E-state index in [1.807, 2.05) is 0 Å². The van der Waals surface area contributed by atoms with Crippen molar-refractivity contribution in [3.63, 3.8) is 0 Å². The second-order valence-electron chi connectivity index (χ2n) is 3.83. The number of hydrogen-bond acceptors (Lipinski definition) is 4. The zero-order chi connectivity index (χ0) is 13.9. The Morgan fingerprint density at radius 3 is 2.44 bits per heavy atom. The number of aliphatic hydroxyl groups excluding tert-OH is 2. The molecule has 5 nitrogen and oxygen atoms in total. The summed E-state index contributed by atoms with van der Waals surface area (Å²) in [5.74, 6) is -1.72. The molecule has 1 aromatic carbocycles. The number of benzene rings is 1. The molecule has 0 spiro atoms. The third-order valence-corrected chi connectivity index (χ3v) is 3.06. The van der Waals surface area contributed by atoms with E-state index in [2.05, 4.69) is 0 Å². The van der Waals surface area contributed by atoms with Crippen LogP contribution in [0.25, 0.3) is 0 Å². The fourth-order valence-corrected chi connectivity index (χ4v) is 1.73. The van der Waals surface area contributed by atoms with Gasteiger partial charge in [-0.25, -0.2) is 4.79 Å². The number of rotatable bonds is 5. The molecule has 0 aliphatic rings. The lowest BCUT2D eigenvalue weighted by Gasteiger charge is -2.14. The van der Waals surface area contributed by atoms with E-state index in [-0.39, 0.29) is 18.0 Å². The SMILES string of the molecule is CC(=O)C(Cl)c1cc(C(O)C(=O)O)ccc1CO. The standard InChI is InChI=1S/C12H13ClO5/c1-6(15)10(13)9-4-7(11(16)12(17)18)2-3-8(9)5-14/h2-4,10-11,14,16H,5H2,1H3,(H,17,18). The van der Waals surface area contributed by atoms with Crippen LogP contribution in [0.4, 0.5) is 0 Å². The molecule has 0 radical (unpaired) electrons. The number of carboxylic acids is 1. The number of ketones is 1. The molecule has 0 amide bonds. The van der Waals surface area contributed by atoms with Crippen LogP contribution in [0, 0.1) is 0 Å². The Balaban J connectivity index is 3.25. The molecule has 0 heterocycles. The van der Waals surface area contributed by atoms with Crippen LogP contribution < -0.4 is 0 Å². The van der Waals surface area contributed by atoms with E-state index in [1.54, 1.807) is 0 Å². The summed E-state index contributed by atoms with van der Waals surface area (Å²) in [6, 6.07) is 4.14. The fraction of sp³-hybridized carbons (Fsp3) is 0.333. The molecule has 0 bridgehead atoms. The molecule has 6 heteroatoms. The smallest absolute Gasteiger partial charge is 0.337 e. The zero-order valence-corrected chi connectivity index (χ0v) is 10.4. The van der Waals surface area contributed by atoms with Crippen molar-refractivity contribution < 1.29 is 24.9 Å². The molecule has 0 saturated carbocycles. The first-order valence-electron chi connectivity index (χ1n) is 5.17. The van der Waals surface area contributed by atoms with E-state index in [4.69, 9.17) is 21.8 Å². The van der Waals surface area contributed by atoms with Gasteiger partial charge >= 0.3 is 5.97 Å². The Kier molecular flexibility index (Phi) is 4.84. The van der Waals surface area contributed by atoms with Crippen LogP contribution in [-0.2, 0) is 16.2 Å². The van der Waals surface area contributed by atoms with Crippen LogP contribution >= 0.6 is 11.6 Å². The first-order chi connectivity index (χ1) is 8.38. The highest BCUT2D eigenvalue weighted by atomic mass is 35.5. The number of aliphatic hydroxyl groups is 2. The third kappa shape index (κ3) is 3.07. The molecule has 1 aromatic rings. The van der Waals surface area contributed by atoms with Crippen molar-refractivity contribution in [1.82, 2.24) is 0 Å². The summed E-state index contributed by atoms with van der Waals surface area (Å²) in [7, 11) is 0. The van der Waals surface area contributed by atoms with Crippen molar-refractivity contribution >= 4 is 23.4 Å². The van der Waals surface area contributed by atoms with Crippen molar-refractivity contribution in [1.29, 1.82) is 0 Å². The van der Waals surface area contributed by atoms with Gasteiger partial charge in [0, 0.05) is 0 Å². The van der Waals surface area contributed by atoms with Crippen LogP contribution in [-0.4, -0.2) is 27.1 Å². The highest BCUT2D eigenvalue weighted by molar-refractivity contribution is 6.30. The molecule has 2 atom stereocenters. The summed E-state index contributed by atoms with van der Waals surface area (Å²) in [6.45, 7) is 0.967. The monoisotopic (exact) mass is 272 g/mol. The molecule has 98 valence electrons.